The number of aromatic nitrogens is 3. The van der Waals surface area contributed by atoms with Crippen LogP contribution in [0, 0.1) is 0 Å². The van der Waals surface area contributed by atoms with E-state index in [9.17, 15) is 4.79 Å². The van der Waals surface area contributed by atoms with Gasteiger partial charge in [0.05, 0.1) is 15.6 Å². The summed E-state index contributed by atoms with van der Waals surface area (Å²) in [4.78, 5) is 17.6. The molecule has 0 bridgehead atoms. The van der Waals surface area contributed by atoms with Crippen molar-refractivity contribution in [1.82, 2.24) is 20.1 Å². The van der Waals surface area contributed by atoms with Crippen molar-refractivity contribution in [2.45, 2.75) is 25.5 Å². The Labute approximate surface area is 184 Å². The molecule has 7 nitrogen and oxygen atoms in total. The second kappa shape index (κ2) is 8.53. The third kappa shape index (κ3) is 4.08. The second-order valence-corrected chi connectivity index (χ2v) is 7.99. The number of aromatic amines is 1. The van der Waals surface area contributed by atoms with Gasteiger partial charge in [-0.05, 0) is 37.6 Å². The van der Waals surface area contributed by atoms with Crippen LogP contribution in [0.25, 0.3) is 10.9 Å². The maximum absolute atomic E-state index is 11.8. The van der Waals surface area contributed by atoms with Gasteiger partial charge in [-0.1, -0.05) is 29.8 Å². The number of nitrogens with zero attached hydrogens (tertiary/aromatic N) is 3. The van der Waals surface area contributed by atoms with Gasteiger partial charge in [0.25, 0.3) is 0 Å². The highest BCUT2D eigenvalue weighted by molar-refractivity contribution is 6.35. The minimum atomic E-state index is -0.359. The van der Waals surface area contributed by atoms with Crippen LogP contribution in [0.2, 0.25) is 10.0 Å². The Morgan fingerprint density at radius 3 is 2.90 bits per heavy atom. The van der Waals surface area contributed by atoms with E-state index in [-0.39, 0.29) is 18.1 Å². The molecule has 1 amide bonds. The van der Waals surface area contributed by atoms with E-state index in [1.807, 2.05) is 25.1 Å². The molecule has 0 saturated carbocycles. The topological polar surface area (TPSA) is 83.1 Å². The van der Waals surface area contributed by atoms with Crippen LogP contribution in [0.1, 0.15) is 25.0 Å². The van der Waals surface area contributed by atoms with Gasteiger partial charge in [-0.15, -0.1) is 0 Å². The zero-order chi connectivity index (χ0) is 21.3. The van der Waals surface area contributed by atoms with Crippen LogP contribution in [-0.2, 0) is 4.79 Å². The van der Waals surface area contributed by atoms with Crippen molar-refractivity contribution in [3.63, 3.8) is 0 Å². The molecule has 1 saturated heterocycles. The fraction of sp³-hybridized carbons (Fsp3) is 0.286. The lowest BCUT2D eigenvalue weighted by Crippen LogP contribution is -2.30. The van der Waals surface area contributed by atoms with Crippen molar-refractivity contribution in [2.24, 2.45) is 0 Å². The van der Waals surface area contributed by atoms with Gasteiger partial charge in [-0.2, -0.15) is 5.10 Å². The maximum atomic E-state index is 11.8. The highest BCUT2D eigenvalue weighted by Gasteiger charge is 2.26. The average Bonchev–Trinajstić information content (AvgIpc) is 3.35. The van der Waals surface area contributed by atoms with Crippen molar-refractivity contribution in [3.8, 4) is 5.75 Å². The van der Waals surface area contributed by atoms with Gasteiger partial charge in [0.2, 0.25) is 5.91 Å². The van der Waals surface area contributed by atoms with Gasteiger partial charge in [-0.25, -0.2) is 0 Å². The predicted octanol–water partition coefficient (Wildman–Crippen LogP) is 4.60. The van der Waals surface area contributed by atoms with Crippen LogP contribution in [0.15, 0.2) is 43.2 Å². The smallest absolute Gasteiger partial charge is 0.246 e. The average molecular weight is 446 g/mol. The zero-order valence-electron chi connectivity index (χ0n) is 16.4. The van der Waals surface area contributed by atoms with E-state index in [0.717, 1.165) is 23.1 Å². The summed E-state index contributed by atoms with van der Waals surface area (Å²) in [5.74, 6) is 1.34. The van der Waals surface area contributed by atoms with Crippen LogP contribution in [0.3, 0.4) is 0 Å². The molecule has 2 N–H and O–H groups in total. The molecule has 0 radical (unpaired) electrons. The van der Waals surface area contributed by atoms with Gasteiger partial charge in [0.15, 0.2) is 5.82 Å². The van der Waals surface area contributed by atoms with Crippen LogP contribution < -0.4 is 10.1 Å². The number of hydrogen-bond acceptors (Lipinski definition) is 5. The molecule has 30 heavy (non-hydrogen) atoms. The predicted molar refractivity (Wildman–Crippen MR) is 118 cm³/mol. The molecule has 0 aliphatic carbocycles. The van der Waals surface area contributed by atoms with Gasteiger partial charge in [0.1, 0.15) is 11.9 Å². The number of halogens is 2. The number of benzene rings is 1. The Hall–Kier alpha value is -2.77. The SMILES string of the molecule is C=CC(=O)N1CC[C@@H](Nc2n[nH]c3ccc(O[C@H](C)c4c(Cl)cncc4Cl)cc23)C1. The number of nitrogens with one attached hydrogen (secondary N) is 2. The Balaban J connectivity index is 1.52. The van der Waals surface area contributed by atoms with Crippen molar-refractivity contribution < 1.29 is 9.53 Å². The molecule has 2 aromatic heterocycles. The first-order valence-electron chi connectivity index (χ1n) is 9.58. The van der Waals surface area contributed by atoms with Crippen molar-refractivity contribution in [1.29, 1.82) is 0 Å². The minimum Gasteiger partial charge on any atom is -0.486 e. The quantitative estimate of drug-likeness (QED) is 0.541. The molecule has 0 unspecified atom stereocenters. The molecule has 1 aliphatic rings. The number of pyridine rings is 1. The number of carbonyl (C=O) groups is 1. The van der Waals surface area contributed by atoms with Crippen molar-refractivity contribution in [3.05, 3.63) is 58.9 Å². The van der Waals surface area contributed by atoms with Crippen LogP contribution in [-0.4, -0.2) is 45.1 Å². The summed E-state index contributed by atoms with van der Waals surface area (Å²) >= 11 is 12.5. The maximum Gasteiger partial charge on any atom is 0.246 e. The van der Waals surface area contributed by atoms with E-state index < -0.39 is 0 Å². The van der Waals surface area contributed by atoms with Crippen LogP contribution >= 0.6 is 23.2 Å². The van der Waals surface area contributed by atoms with Crippen molar-refractivity contribution >= 4 is 45.8 Å². The summed E-state index contributed by atoms with van der Waals surface area (Å²) < 4.78 is 6.10. The summed E-state index contributed by atoms with van der Waals surface area (Å²) in [5, 5.41) is 12.7. The molecule has 4 rings (SSSR count). The highest BCUT2D eigenvalue weighted by atomic mass is 35.5. The number of H-pyrrole nitrogens is 1. The molecule has 3 aromatic rings. The number of rotatable bonds is 6. The third-order valence-corrected chi connectivity index (χ3v) is 5.76. The van der Waals surface area contributed by atoms with Crippen LogP contribution in [0.4, 0.5) is 5.82 Å². The first-order valence-corrected chi connectivity index (χ1v) is 10.3. The number of fused-ring (bicyclic) bond motifs is 1. The molecule has 3 heterocycles. The number of carbonyl (C=O) groups excluding carboxylic acids is 1. The number of ether oxygens (including phenoxy) is 1. The third-order valence-electron chi connectivity index (χ3n) is 5.16. The lowest BCUT2D eigenvalue weighted by molar-refractivity contribution is -0.125. The largest absolute Gasteiger partial charge is 0.486 e. The summed E-state index contributed by atoms with van der Waals surface area (Å²) in [5.41, 5.74) is 1.58. The van der Waals surface area contributed by atoms with E-state index in [0.29, 0.717) is 34.4 Å². The number of hydrogen-bond donors (Lipinski definition) is 2. The molecule has 1 aliphatic heterocycles. The van der Waals surface area contributed by atoms with Gasteiger partial charge in [-0.3, -0.25) is 14.9 Å². The minimum absolute atomic E-state index is 0.0516. The normalized spacial score (nSPS) is 17.2. The number of likely N-dealkylation sites (tertiary alicyclic amines) is 1. The first kappa shape index (κ1) is 20.5. The van der Waals surface area contributed by atoms with Crippen LogP contribution in [0.5, 0.6) is 5.75 Å². The second-order valence-electron chi connectivity index (χ2n) is 7.17. The van der Waals surface area contributed by atoms with Gasteiger partial charge in [0, 0.05) is 42.5 Å². The zero-order valence-corrected chi connectivity index (χ0v) is 17.9. The summed E-state index contributed by atoms with van der Waals surface area (Å²) in [6.07, 6.45) is 4.93. The summed E-state index contributed by atoms with van der Waals surface area (Å²) in [6.45, 7) is 6.75. The highest BCUT2D eigenvalue weighted by Crippen LogP contribution is 2.34. The van der Waals surface area contributed by atoms with E-state index in [1.165, 1.54) is 6.08 Å². The molecule has 1 fully saturated rings. The fourth-order valence-electron chi connectivity index (χ4n) is 3.65. The Morgan fingerprint density at radius 2 is 2.17 bits per heavy atom. The van der Waals surface area contributed by atoms with Gasteiger partial charge >= 0.3 is 0 Å². The number of anilines is 1. The number of amides is 1. The molecular formula is C21H21Cl2N5O2. The van der Waals surface area contributed by atoms with Crippen molar-refractivity contribution in [2.75, 3.05) is 18.4 Å². The Bertz CT molecular complexity index is 1080. The molecule has 0 spiro atoms. The molecule has 1 aromatic carbocycles. The van der Waals surface area contributed by atoms with E-state index >= 15 is 0 Å². The Morgan fingerprint density at radius 1 is 1.40 bits per heavy atom. The summed E-state index contributed by atoms with van der Waals surface area (Å²) in [6, 6.07) is 5.82. The molecule has 9 heteroatoms. The van der Waals surface area contributed by atoms with E-state index in [2.05, 4.69) is 27.1 Å². The first-order chi connectivity index (χ1) is 14.5. The Kier molecular flexibility index (Phi) is 5.83. The molecule has 2 atom stereocenters. The standard InChI is InChI=1S/C21H21Cl2N5O2/c1-3-19(29)28-7-6-13(11-28)25-21-15-8-14(4-5-18(15)26-27-21)30-12(2)20-16(22)9-24-10-17(20)23/h3-5,8-10,12-13H,1,6-7,11H2,2H3,(H2,25,26,27)/t12-,13-/m1/s1. The van der Waals surface area contributed by atoms with Gasteiger partial charge < -0.3 is 15.0 Å². The van der Waals surface area contributed by atoms with E-state index in [1.54, 1.807) is 17.3 Å². The fourth-order valence-corrected chi connectivity index (χ4v) is 4.32. The molecular weight excluding hydrogens is 425 g/mol. The molecule has 156 valence electrons. The lowest BCUT2D eigenvalue weighted by atomic mass is 10.1. The monoisotopic (exact) mass is 445 g/mol. The summed E-state index contributed by atoms with van der Waals surface area (Å²) in [7, 11) is 0. The van der Waals surface area contributed by atoms with E-state index in [4.69, 9.17) is 27.9 Å². The lowest BCUT2D eigenvalue weighted by Gasteiger charge is -2.18.